The summed E-state index contributed by atoms with van der Waals surface area (Å²) >= 11 is 0. The average molecular weight is 469 g/mol. The zero-order valence-electron chi connectivity index (χ0n) is 19.9. The second-order valence-electron chi connectivity index (χ2n) is 8.68. The van der Waals surface area contributed by atoms with Crippen LogP contribution in [0.4, 0.5) is 5.69 Å². The van der Waals surface area contributed by atoms with Crippen molar-refractivity contribution in [1.29, 1.82) is 0 Å². The van der Waals surface area contributed by atoms with Gasteiger partial charge in [-0.05, 0) is 53.4 Å². The molecule has 0 spiro atoms. The van der Waals surface area contributed by atoms with Gasteiger partial charge in [-0.25, -0.2) is 0 Å². The molecule has 1 fully saturated rings. The molecule has 0 saturated carbocycles. The molecule has 0 radical (unpaired) electrons. The molecule has 5 rings (SSSR count). The molecule has 0 bridgehead atoms. The number of ether oxygens (including phenoxy) is 3. The lowest BCUT2D eigenvalue weighted by molar-refractivity contribution is -0.125. The minimum atomic E-state index is 0.0114. The van der Waals surface area contributed by atoms with Gasteiger partial charge in [-0.15, -0.1) is 0 Å². The number of carbonyl (C=O) groups is 1. The van der Waals surface area contributed by atoms with E-state index in [1.54, 1.807) is 14.2 Å². The Morgan fingerprint density at radius 3 is 2.29 bits per heavy atom. The Morgan fingerprint density at radius 1 is 0.857 bits per heavy atom. The summed E-state index contributed by atoms with van der Waals surface area (Å²) in [7, 11) is 3.24. The number of hydrogen-bond donors (Lipinski definition) is 1. The van der Waals surface area contributed by atoms with Crippen LogP contribution in [0.2, 0.25) is 0 Å². The second kappa shape index (κ2) is 10.1. The molecule has 6 heteroatoms. The van der Waals surface area contributed by atoms with E-state index in [9.17, 15) is 4.79 Å². The number of nitrogens with zero attached hydrogens (tertiary/aromatic N) is 1. The number of rotatable bonds is 8. The molecular formula is C29H28N2O4. The maximum atomic E-state index is 12.6. The van der Waals surface area contributed by atoms with Crippen LogP contribution < -0.4 is 19.5 Å². The molecule has 0 unspecified atom stereocenters. The van der Waals surface area contributed by atoms with Crippen LogP contribution in [-0.2, 0) is 11.3 Å². The number of hydrogen-bond acceptors (Lipinski definition) is 5. The van der Waals surface area contributed by atoms with E-state index in [0.717, 1.165) is 36.1 Å². The maximum Gasteiger partial charge on any atom is 0.230 e. The predicted molar refractivity (Wildman–Crippen MR) is 137 cm³/mol. The molecule has 1 N–H and O–H groups in total. The summed E-state index contributed by atoms with van der Waals surface area (Å²) in [5, 5.41) is 4.94. The quantitative estimate of drug-likeness (QED) is 0.358. The fourth-order valence-corrected chi connectivity index (χ4v) is 4.35. The van der Waals surface area contributed by atoms with Crippen LogP contribution in [0.1, 0.15) is 5.56 Å². The molecule has 1 aliphatic rings. The second-order valence-corrected chi connectivity index (χ2v) is 8.68. The first-order valence-electron chi connectivity index (χ1n) is 11.6. The molecule has 0 atom stereocenters. The van der Waals surface area contributed by atoms with Crippen molar-refractivity contribution < 1.29 is 19.0 Å². The molecular weight excluding hydrogens is 440 g/mol. The van der Waals surface area contributed by atoms with E-state index < -0.39 is 0 Å². The molecule has 1 heterocycles. The molecule has 1 amide bonds. The van der Waals surface area contributed by atoms with E-state index >= 15 is 0 Å². The van der Waals surface area contributed by atoms with Gasteiger partial charge in [0.25, 0.3) is 0 Å². The summed E-state index contributed by atoms with van der Waals surface area (Å²) in [6.07, 6.45) is 0. The van der Waals surface area contributed by atoms with Gasteiger partial charge in [0.1, 0.15) is 11.5 Å². The van der Waals surface area contributed by atoms with Crippen LogP contribution in [0.15, 0.2) is 84.9 Å². The summed E-state index contributed by atoms with van der Waals surface area (Å²) in [4.78, 5) is 14.9. The van der Waals surface area contributed by atoms with Crippen molar-refractivity contribution in [3.63, 3.8) is 0 Å². The number of anilines is 1. The highest BCUT2D eigenvalue weighted by Gasteiger charge is 2.32. The number of benzene rings is 4. The smallest absolute Gasteiger partial charge is 0.230 e. The lowest BCUT2D eigenvalue weighted by Gasteiger charge is -2.38. The van der Waals surface area contributed by atoms with Gasteiger partial charge in [-0.3, -0.25) is 9.69 Å². The van der Waals surface area contributed by atoms with Crippen LogP contribution >= 0.6 is 0 Å². The minimum Gasteiger partial charge on any atom is -0.493 e. The van der Waals surface area contributed by atoms with Gasteiger partial charge in [-0.2, -0.15) is 0 Å². The van der Waals surface area contributed by atoms with Gasteiger partial charge in [0.15, 0.2) is 11.5 Å². The molecule has 0 aliphatic carbocycles. The molecule has 4 aromatic carbocycles. The largest absolute Gasteiger partial charge is 0.493 e. The Labute approximate surface area is 205 Å². The first kappa shape index (κ1) is 22.7. The number of amides is 1. The SMILES string of the molecule is COc1cc2cccc(Oc3ccc(NC(=O)C4CN(Cc5ccccc5)C4)cc3)c2cc1OC. The van der Waals surface area contributed by atoms with Gasteiger partial charge in [0, 0.05) is 30.7 Å². The average Bonchev–Trinajstić information content (AvgIpc) is 2.87. The standard InChI is InChI=1S/C29H28N2O4/c1-33-27-15-21-9-6-10-26(25(21)16-28(27)34-2)35-24-13-11-23(12-14-24)30-29(32)22-18-31(19-22)17-20-7-4-3-5-8-20/h3-16,22H,17-19H2,1-2H3,(H,30,32). The van der Waals surface area contributed by atoms with Crippen LogP contribution in [0.3, 0.4) is 0 Å². The Balaban J connectivity index is 1.20. The molecule has 1 aliphatic heterocycles. The Morgan fingerprint density at radius 2 is 1.57 bits per heavy atom. The summed E-state index contributed by atoms with van der Waals surface area (Å²) < 4.78 is 17.0. The highest BCUT2D eigenvalue weighted by molar-refractivity contribution is 5.93. The maximum absolute atomic E-state index is 12.6. The summed E-state index contributed by atoms with van der Waals surface area (Å²) in [5.74, 6) is 2.78. The molecule has 1 saturated heterocycles. The van der Waals surface area contributed by atoms with Crippen LogP contribution in [0.5, 0.6) is 23.0 Å². The summed E-state index contributed by atoms with van der Waals surface area (Å²) in [6, 6.07) is 27.5. The molecule has 178 valence electrons. The molecule has 4 aromatic rings. The van der Waals surface area contributed by atoms with E-state index in [2.05, 4.69) is 22.3 Å². The first-order chi connectivity index (χ1) is 17.1. The lowest BCUT2D eigenvalue weighted by atomic mass is 9.98. The van der Waals surface area contributed by atoms with E-state index in [4.69, 9.17) is 14.2 Å². The van der Waals surface area contributed by atoms with Crippen LogP contribution in [-0.4, -0.2) is 38.1 Å². The third-order valence-corrected chi connectivity index (χ3v) is 6.27. The van der Waals surface area contributed by atoms with Gasteiger partial charge in [-0.1, -0.05) is 42.5 Å². The number of fused-ring (bicyclic) bond motifs is 1. The van der Waals surface area contributed by atoms with Gasteiger partial charge in [0.05, 0.1) is 20.1 Å². The van der Waals surface area contributed by atoms with Crippen molar-refractivity contribution in [2.45, 2.75) is 6.54 Å². The minimum absolute atomic E-state index is 0.0114. The monoisotopic (exact) mass is 468 g/mol. The number of likely N-dealkylation sites (tertiary alicyclic amines) is 1. The van der Waals surface area contributed by atoms with Gasteiger partial charge in [0.2, 0.25) is 5.91 Å². The van der Waals surface area contributed by atoms with Crippen molar-refractivity contribution in [2.24, 2.45) is 5.92 Å². The van der Waals surface area contributed by atoms with Crippen molar-refractivity contribution in [1.82, 2.24) is 4.90 Å². The third-order valence-electron chi connectivity index (χ3n) is 6.27. The van der Waals surface area contributed by atoms with Crippen LogP contribution in [0, 0.1) is 5.92 Å². The zero-order chi connectivity index (χ0) is 24.2. The summed E-state index contributed by atoms with van der Waals surface area (Å²) in [5.41, 5.74) is 2.03. The fourth-order valence-electron chi connectivity index (χ4n) is 4.35. The summed E-state index contributed by atoms with van der Waals surface area (Å²) in [6.45, 7) is 2.43. The van der Waals surface area contributed by atoms with Crippen LogP contribution in [0.25, 0.3) is 10.8 Å². The van der Waals surface area contributed by atoms with E-state index in [1.807, 2.05) is 72.8 Å². The normalized spacial score (nSPS) is 13.8. The number of nitrogens with one attached hydrogen (secondary N) is 1. The lowest BCUT2D eigenvalue weighted by Crippen LogP contribution is -2.51. The fraction of sp³-hybridized carbons (Fsp3) is 0.207. The highest BCUT2D eigenvalue weighted by Crippen LogP contribution is 2.38. The van der Waals surface area contributed by atoms with E-state index in [-0.39, 0.29) is 11.8 Å². The topological polar surface area (TPSA) is 60.0 Å². The van der Waals surface area contributed by atoms with Gasteiger partial charge < -0.3 is 19.5 Å². The van der Waals surface area contributed by atoms with Crippen molar-refractivity contribution in [2.75, 3.05) is 32.6 Å². The van der Waals surface area contributed by atoms with Crippen molar-refractivity contribution in [3.8, 4) is 23.0 Å². The Kier molecular flexibility index (Phi) is 6.55. The first-order valence-corrected chi connectivity index (χ1v) is 11.6. The zero-order valence-corrected chi connectivity index (χ0v) is 19.9. The van der Waals surface area contributed by atoms with Crippen molar-refractivity contribution >= 4 is 22.4 Å². The Bertz CT molecular complexity index is 1320. The van der Waals surface area contributed by atoms with E-state index in [1.165, 1.54) is 5.56 Å². The Hall–Kier alpha value is -4.03. The number of methoxy groups -OCH3 is 2. The van der Waals surface area contributed by atoms with Crippen molar-refractivity contribution in [3.05, 3.63) is 90.5 Å². The van der Waals surface area contributed by atoms with E-state index in [0.29, 0.717) is 23.0 Å². The molecule has 35 heavy (non-hydrogen) atoms. The number of carbonyl (C=O) groups excluding carboxylic acids is 1. The third kappa shape index (κ3) is 5.08. The predicted octanol–water partition coefficient (Wildman–Crippen LogP) is 5.72. The molecule has 6 nitrogen and oxygen atoms in total. The molecule has 0 aromatic heterocycles. The van der Waals surface area contributed by atoms with Gasteiger partial charge >= 0.3 is 0 Å². The highest BCUT2D eigenvalue weighted by atomic mass is 16.5.